The van der Waals surface area contributed by atoms with Gasteiger partial charge in [0.2, 0.25) is 0 Å². The maximum Gasteiger partial charge on any atom is 0.195 e. The van der Waals surface area contributed by atoms with E-state index in [1.807, 2.05) is 36.4 Å². The van der Waals surface area contributed by atoms with Gasteiger partial charge in [-0.1, -0.05) is 54.1 Å². The molecule has 1 radical (unpaired) electrons. The molecule has 2 rings (SSSR count). The summed E-state index contributed by atoms with van der Waals surface area (Å²) in [6.45, 7) is 1.14. The first-order valence-electron chi connectivity index (χ1n) is 6.67. The molecule has 0 heterocycles. The van der Waals surface area contributed by atoms with Crippen molar-refractivity contribution in [2.45, 2.75) is 12.8 Å². The SMILES string of the molecule is O=[PH](Cc1cc[c]cc1)OCCOCc1ccccc1Cl. The number of hydrogen-bond acceptors (Lipinski definition) is 3. The molecule has 0 aromatic heterocycles. The molecule has 0 spiro atoms. The molecule has 0 saturated heterocycles. The monoisotopic (exact) mass is 323 g/mol. The lowest BCUT2D eigenvalue weighted by atomic mass is 10.2. The molecule has 3 nitrogen and oxygen atoms in total. The molecule has 0 bridgehead atoms. The fourth-order valence-corrected chi connectivity index (χ4v) is 2.94. The van der Waals surface area contributed by atoms with E-state index in [-0.39, 0.29) is 0 Å². The van der Waals surface area contributed by atoms with Crippen molar-refractivity contribution in [2.75, 3.05) is 13.2 Å². The van der Waals surface area contributed by atoms with Crippen LogP contribution < -0.4 is 0 Å². The summed E-state index contributed by atoms with van der Waals surface area (Å²) in [5, 5.41) is 0.688. The molecule has 111 valence electrons. The van der Waals surface area contributed by atoms with E-state index >= 15 is 0 Å². The Balaban J connectivity index is 1.62. The van der Waals surface area contributed by atoms with E-state index in [9.17, 15) is 4.57 Å². The topological polar surface area (TPSA) is 35.5 Å². The molecule has 0 aliphatic heterocycles. The second-order valence-electron chi connectivity index (χ2n) is 4.45. The molecular weight excluding hydrogens is 307 g/mol. The number of rotatable bonds is 8. The van der Waals surface area contributed by atoms with Gasteiger partial charge in [-0.2, -0.15) is 0 Å². The van der Waals surface area contributed by atoms with Gasteiger partial charge in [-0.3, -0.25) is 4.57 Å². The predicted molar refractivity (Wildman–Crippen MR) is 85.0 cm³/mol. The Morgan fingerprint density at radius 3 is 2.62 bits per heavy atom. The van der Waals surface area contributed by atoms with Gasteiger partial charge in [0, 0.05) is 11.2 Å². The molecule has 0 fully saturated rings. The number of benzene rings is 2. The van der Waals surface area contributed by atoms with Crippen molar-refractivity contribution in [1.82, 2.24) is 0 Å². The van der Waals surface area contributed by atoms with Crippen LogP contribution in [-0.2, 0) is 26.6 Å². The van der Waals surface area contributed by atoms with E-state index < -0.39 is 8.03 Å². The van der Waals surface area contributed by atoms with Gasteiger partial charge in [0.05, 0.1) is 19.8 Å². The predicted octanol–water partition coefficient (Wildman–Crippen LogP) is 4.35. The third-order valence-electron chi connectivity index (χ3n) is 2.84. The highest BCUT2D eigenvalue weighted by molar-refractivity contribution is 7.38. The molecule has 0 saturated carbocycles. The summed E-state index contributed by atoms with van der Waals surface area (Å²) in [6, 6.07) is 17.8. The van der Waals surface area contributed by atoms with E-state index in [0.29, 0.717) is 31.0 Å². The molecule has 21 heavy (non-hydrogen) atoms. The smallest absolute Gasteiger partial charge is 0.195 e. The van der Waals surface area contributed by atoms with Crippen molar-refractivity contribution in [3.8, 4) is 0 Å². The molecule has 5 heteroatoms. The normalized spacial score (nSPS) is 12.2. The van der Waals surface area contributed by atoms with Crippen molar-refractivity contribution < 1.29 is 13.8 Å². The quantitative estimate of drug-likeness (QED) is 0.535. The van der Waals surface area contributed by atoms with E-state index in [1.165, 1.54) is 0 Å². The molecule has 0 aliphatic carbocycles. The molecule has 1 atom stereocenters. The lowest BCUT2D eigenvalue weighted by Crippen LogP contribution is -2.01. The summed E-state index contributed by atoms with van der Waals surface area (Å²) >= 11 is 6.02. The van der Waals surface area contributed by atoms with Crippen molar-refractivity contribution >= 4 is 19.6 Å². The van der Waals surface area contributed by atoms with Crippen LogP contribution >= 0.6 is 19.6 Å². The number of ether oxygens (including phenoxy) is 1. The third kappa shape index (κ3) is 6.03. The minimum Gasteiger partial charge on any atom is -0.374 e. The van der Waals surface area contributed by atoms with Gasteiger partial charge < -0.3 is 9.26 Å². The fourth-order valence-electron chi connectivity index (χ4n) is 1.77. The van der Waals surface area contributed by atoms with Crippen LogP contribution in [0.15, 0.2) is 48.5 Å². The van der Waals surface area contributed by atoms with Crippen molar-refractivity contribution in [3.05, 3.63) is 70.7 Å². The molecular formula is C16H17ClO3P. The maximum atomic E-state index is 11.8. The number of halogens is 1. The first kappa shape index (κ1) is 16.3. The van der Waals surface area contributed by atoms with Gasteiger partial charge in [-0.05, 0) is 23.3 Å². The van der Waals surface area contributed by atoms with Gasteiger partial charge >= 0.3 is 0 Å². The standard InChI is InChI=1S/C16H17ClO3P/c17-16-9-5-4-8-15(16)12-19-10-11-20-21(18)13-14-6-2-1-3-7-14/h2-9,21H,10-13H2. The van der Waals surface area contributed by atoms with Crippen molar-refractivity contribution in [2.24, 2.45) is 0 Å². The van der Waals surface area contributed by atoms with Crippen LogP contribution in [0.25, 0.3) is 0 Å². The summed E-state index contributed by atoms with van der Waals surface area (Å²) in [4.78, 5) is 0. The molecule has 0 N–H and O–H groups in total. The average molecular weight is 324 g/mol. The molecule has 2 aromatic carbocycles. The third-order valence-corrected chi connectivity index (χ3v) is 4.43. The highest BCUT2D eigenvalue weighted by Crippen LogP contribution is 2.27. The molecule has 0 aliphatic rings. The Morgan fingerprint density at radius 2 is 1.86 bits per heavy atom. The Kier molecular flexibility index (Phi) is 6.98. The minimum atomic E-state index is -2.06. The zero-order valence-corrected chi connectivity index (χ0v) is 13.3. The van der Waals surface area contributed by atoms with Crippen LogP contribution in [0.3, 0.4) is 0 Å². The summed E-state index contributed by atoms with van der Waals surface area (Å²) < 4.78 is 22.5. The van der Waals surface area contributed by atoms with Crippen LogP contribution in [0.5, 0.6) is 0 Å². The van der Waals surface area contributed by atoms with Gasteiger partial charge in [0.15, 0.2) is 8.03 Å². The maximum absolute atomic E-state index is 11.8. The summed E-state index contributed by atoms with van der Waals surface area (Å²) in [5.41, 5.74) is 1.93. The molecule has 0 amide bonds. The first-order chi connectivity index (χ1) is 10.3. The van der Waals surface area contributed by atoms with Crippen molar-refractivity contribution in [1.29, 1.82) is 0 Å². The van der Waals surface area contributed by atoms with E-state index in [1.54, 1.807) is 12.1 Å². The largest absolute Gasteiger partial charge is 0.374 e. The second kappa shape index (κ2) is 9.01. The van der Waals surface area contributed by atoms with E-state index in [2.05, 4.69) is 6.07 Å². The first-order valence-corrected chi connectivity index (χ1v) is 8.57. The number of hydrogen-bond donors (Lipinski definition) is 0. The van der Waals surface area contributed by atoms with Gasteiger partial charge in [-0.25, -0.2) is 0 Å². The Hall–Kier alpha value is -1.12. The summed E-state index contributed by atoms with van der Waals surface area (Å²) in [7, 11) is -2.06. The fraction of sp³-hybridized carbons (Fsp3) is 0.250. The van der Waals surface area contributed by atoms with Gasteiger partial charge in [0.1, 0.15) is 0 Å². The molecule has 1 unspecified atom stereocenters. The summed E-state index contributed by atoms with van der Waals surface area (Å²) in [6.07, 6.45) is 0.448. The lowest BCUT2D eigenvalue weighted by molar-refractivity contribution is 0.0913. The van der Waals surface area contributed by atoms with Crippen LogP contribution in [0.1, 0.15) is 11.1 Å². The highest BCUT2D eigenvalue weighted by Gasteiger charge is 2.02. The average Bonchev–Trinajstić information content (AvgIpc) is 2.50. The van der Waals surface area contributed by atoms with Crippen molar-refractivity contribution in [3.63, 3.8) is 0 Å². The minimum absolute atomic E-state index is 0.321. The van der Waals surface area contributed by atoms with Crippen LogP contribution in [0.2, 0.25) is 5.02 Å². The van der Waals surface area contributed by atoms with Gasteiger partial charge in [-0.15, -0.1) is 0 Å². The van der Waals surface area contributed by atoms with Crippen LogP contribution in [-0.4, -0.2) is 13.2 Å². The summed E-state index contributed by atoms with van der Waals surface area (Å²) in [5.74, 6) is 0. The van der Waals surface area contributed by atoms with E-state index in [4.69, 9.17) is 20.9 Å². The Bertz CT molecular complexity index is 575. The Labute approximate surface area is 130 Å². The van der Waals surface area contributed by atoms with E-state index in [0.717, 1.165) is 11.1 Å². The van der Waals surface area contributed by atoms with Crippen LogP contribution in [0.4, 0.5) is 0 Å². The zero-order chi connectivity index (χ0) is 14.9. The van der Waals surface area contributed by atoms with Gasteiger partial charge in [0.25, 0.3) is 0 Å². The Morgan fingerprint density at radius 1 is 1.10 bits per heavy atom. The lowest BCUT2D eigenvalue weighted by Gasteiger charge is -2.07. The highest BCUT2D eigenvalue weighted by atomic mass is 35.5. The molecule has 2 aromatic rings. The zero-order valence-electron chi connectivity index (χ0n) is 11.5. The van der Waals surface area contributed by atoms with Crippen LogP contribution in [0, 0.1) is 6.07 Å². The second-order valence-corrected chi connectivity index (χ2v) is 6.24.